The minimum atomic E-state index is -0.158. The van der Waals surface area contributed by atoms with E-state index in [9.17, 15) is 4.79 Å². The molecule has 1 N–H and O–H groups in total. The third-order valence-electron chi connectivity index (χ3n) is 2.62. The van der Waals surface area contributed by atoms with Crippen LogP contribution in [-0.2, 0) is 13.6 Å². The molecule has 0 aliphatic carbocycles. The molecular formula is C14H14ClN2O+. The summed E-state index contributed by atoms with van der Waals surface area (Å²) in [5.41, 5.74) is 1.55. The number of carbonyl (C=O) groups is 1. The minimum Gasteiger partial charge on any atom is -0.348 e. The van der Waals surface area contributed by atoms with Crippen LogP contribution in [0.25, 0.3) is 0 Å². The van der Waals surface area contributed by atoms with E-state index >= 15 is 0 Å². The van der Waals surface area contributed by atoms with E-state index in [1.165, 1.54) is 0 Å². The van der Waals surface area contributed by atoms with Gasteiger partial charge in [-0.1, -0.05) is 23.7 Å². The molecule has 2 aromatic rings. The minimum absolute atomic E-state index is 0.158. The number of nitrogens with zero attached hydrogens (tertiary/aromatic N) is 1. The number of amides is 1. The van der Waals surface area contributed by atoms with Crippen LogP contribution in [0.15, 0.2) is 48.8 Å². The van der Waals surface area contributed by atoms with E-state index in [1.54, 1.807) is 24.3 Å². The SMILES string of the molecule is C[n+]1ccc(CNC(=O)c2ccccc2Cl)cc1. The number of halogens is 1. The summed E-state index contributed by atoms with van der Waals surface area (Å²) in [5.74, 6) is -0.158. The second-order valence-electron chi connectivity index (χ2n) is 4.03. The van der Waals surface area contributed by atoms with Gasteiger partial charge in [-0.25, -0.2) is 4.57 Å². The third-order valence-corrected chi connectivity index (χ3v) is 2.95. The van der Waals surface area contributed by atoms with Crippen molar-refractivity contribution in [2.45, 2.75) is 6.54 Å². The predicted molar refractivity (Wildman–Crippen MR) is 70.2 cm³/mol. The lowest BCUT2D eigenvalue weighted by Crippen LogP contribution is -2.27. The number of hydrogen-bond donors (Lipinski definition) is 1. The highest BCUT2D eigenvalue weighted by Crippen LogP contribution is 2.14. The number of rotatable bonds is 3. The molecule has 0 fully saturated rings. The number of nitrogens with one attached hydrogen (secondary N) is 1. The van der Waals surface area contributed by atoms with Crippen LogP contribution in [0.1, 0.15) is 15.9 Å². The first-order valence-electron chi connectivity index (χ1n) is 5.64. The highest BCUT2D eigenvalue weighted by molar-refractivity contribution is 6.33. The van der Waals surface area contributed by atoms with Gasteiger partial charge in [0.25, 0.3) is 5.91 Å². The van der Waals surface area contributed by atoms with Crippen LogP contribution in [0.3, 0.4) is 0 Å². The lowest BCUT2D eigenvalue weighted by atomic mass is 10.2. The molecule has 0 unspecified atom stereocenters. The fraction of sp³-hybridized carbons (Fsp3) is 0.143. The Kier molecular flexibility index (Phi) is 3.95. The maximum atomic E-state index is 11.9. The molecule has 1 amide bonds. The molecule has 0 saturated heterocycles. The summed E-state index contributed by atoms with van der Waals surface area (Å²) in [5, 5.41) is 3.31. The first kappa shape index (κ1) is 12.6. The summed E-state index contributed by atoms with van der Waals surface area (Å²) >= 11 is 5.96. The van der Waals surface area contributed by atoms with Crippen molar-refractivity contribution in [2.24, 2.45) is 7.05 Å². The molecule has 0 bridgehead atoms. The Morgan fingerprint density at radius 3 is 2.56 bits per heavy atom. The van der Waals surface area contributed by atoms with E-state index in [2.05, 4.69) is 5.32 Å². The number of hydrogen-bond acceptors (Lipinski definition) is 1. The van der Waals surface area contributed by atoms with Crippen molar-refractivity contribution in [3.63, 3.8) is 0 Å². The molecule has 2 rings (SSSR count). The Balaban J connectivity index is 2.01. The first-order chi connectivity index (χ1) is 8.66. The van der Waals surface area contributed by atoms with Crippen molar-refractivity contribution in [3.8, 4) is 0 Å². The number of benzene rings is 1. The van der Waals surface area contributed by atoms with Gasteiger partial charge < -0.3 is 5.32 Å². The lowest BCUT2D eigenvalue weighted by Gasteiger charge is -2.06. The molecule has 0 saturated carbocycles. The second-order valence-corrected chi connectivity index (χ2v) is 4.44. The van der Waals surface area contributed by atoms with Crippen LogP contribution >= 0.6 is 11.6 Å². The standard InChI is InChI=1S/C14H13ClN2O/c1-17-8-6-11(7-9-17)10-16-14(18)12-4-2-3-5-13(12)15/h2-9H,10H2,1H3/p+1. The number of aryl methyl sites for hydroxylation is 1. The fourth-order valence-corrected chi connectivity index (χ4v) is 1.79. The second kappa shape index (κ2) is 5.65. The Morgan fingerprint density at radius 1 is 1.22 bits per heavy atom. The van der Waals surface area contributed by atoms with Gasteiger partial charge in [0.1, 0.15) is 7.05 Å². The van der Waals surface area contributed by atoms with E-state index in [0.717, 1.165) is 5.56 Å². The molecule has 3 nitrogen and oxygen atoms in total. The number of pyridine rings is 1. The average molecular weight is 262 g/mol. The molecule has 0 aliphatic rings. The molecule has 1 heterocycles. The van der Waals surface area contributed by atoms with Gasteiger partial charge in [0, 0.05) is 18.7 Å². The van der Waals surface area contributed by atoms with Gasteiger partial charge in [-0.2, -0.15) is 0 Å². The Bertz CT molecular complexity index is 552. The van der Waals surface area contributed by atoms with Crippen LogP contribution in [0.5, 0.6) is 0 Å². The molecule has 1 aromatic heterocycles. The maximum absolute atomic E-state index is 11.9. The van der Waals surface area contributed by atoms with Crippen molar-refractivity contribution >= 4 is 17.5 Å². The van der Waals surface area contributed by atoms with E-state index < -0.39 is 0 Å². The topological polar surface area (TPSA) is 33.0 Å². The molecule has 0 spiro atoms. The summed E-state index contributed by atoms with van der Waals surface area (Å²) in [4.78, 5) is 11.9. The first-order valence-corrected chi connectivity index (χ1v) is 6.01. The molecule has 0 aliphatic heterocycles. The van der Waals surface area contributed by atoms with Gasteiger partial charge in [-0.15, -0.1) is 0 Å². The Hall–Kier alpha value is -1.87. The molecule has 92 valence electrons. The van der Waals surface area contributed by atoms with Crippen LogP contribution in [0, 0.1) is 0 Å². The quantitative estimate of drug-likeness (QED) is 0.844. The van der Waals surface area contributed by atoms with E-state index in [-0.39, 0.29) is 5.91 Å². The highest BCUT2D eigenvalue weighted by Gasteiger charge is 2.08. The van der Waals surface area contributed by atoms with Gasteiger partial charge in [0.15, 0.2) is 12.4 Å². The normalized spacial score (nSPS) is 10.1. The molecule has 4 heteroatoms. The van der Waals surface area contributed by atoms with E-state index in [4.69, 9.17) is 11.6 Å². The summed E-state index contributed by atoms with van der Waals surface area (Å²) in [7, 11) is 1.95. The molecule has 0 atom stereocenters. The van der Waals surface area contributed by atoms with Crippen LogP contribution < -0.4 is 9.88 Å². The summed E-state index contributed by atoms with van der Waals surface area (Å²) in [6, 6.07) is 10.9. The highest BCUT2D eigenvalue weighted by atomic mass is 35.5. The lowest BCUT2D eigenvalue weighted by molar-refractivity contribution is -0.671. The van der Waals surface area contributed by atoms with Crippen molar-refractivity contribution in [3.05, 3.63) is 64.9 Å². The van der Waals surface area contributed by atoms with Crippen molar-refractivity contribution in [1.29, 1.82) is 0 Å². The molecular weight excluding hydrogens is 248 g/mol. The number of carbonyl (C=O) groups excluding carboxylic acids is 1. The monoisotopic (exact) mass is 261 g/mol. The largest absolute Gasteiger partial charge is 0.348 e. The predicted octanol–water partition coefficient (Wildman–Crippen LogP) is 2.09. The zero-order valence-corrected chi connectivity index (χ0v) is 10.8. The van der Waals surface area contributed by atoms with Crippen LogP contribution in [0.4, 0.5) is 0 Å². The molecule has 0 radical (unpaired) electrons. The van der Waals surface area contributed by atoms with Crippen molar-refractivity contribution in [1.82, 2.24) is 5.32 Å². The zero-order valence-electron chi connectivity index (χ0n) is 10.1. The smallest absolute Gasteiger partial charge is 0.253 e. The molecule has 18 heavy (non-hydrogen) atoms. The maximum Gasteiger partial charge on any atom is 0.253 e. The molecule has 1 aromatic carbocycles. The Labute approximate surface area is 111 Å². The van der Waals surface area contributed by atoms with Gasteiger partial charge in [0.05, 0.1) is 10.6 Å². The number of aromatic nitrogens is 1. The van der Waals surface area contributed by atoms with Crippen molar-refractivity contribution in [2.75, 3.05) is 0 Å². The summed E-state index contributed by atoms with van der Waals surface area (Å²) in [6.45, 7) is 0.491. The van der Waals surface area contributed by atoms with E-state index in [0.29, 0.717) is 17.1 Å². The summed E-state index contributed by atoms with van der Waals surface area (Å²) < 4.78 is 1.94. The average Bonchev–Trinajstić information content (AvgIpc) is 2.38. The van der Waals surface area contributed by atoms with Crippen molar-refractivity contribution < 1.29 is 9.36 Å². The Morgan fingerprint density at radius 2 is 1.89 bits per heavy atom. The van der Waals surface area contributed by atoms with Gasteiger partial charge in [0.2, 0.25) is 0 Å². The third kappa shape index (κ3) is 3.08. The van der Waals surface area contributed by atoms with Crippen LogP contribution in [-0.4, -0.2) is 5.91 Å². The summed E-state index contributed by atoms with van der Waals surface area (Å²) in [6.07, 6.45) is 3.88. The fourth-order valence-electron chi connectivity index (χ4n) is 1.57. The van der Waals surface area contributed by atoms with Crippen LogP contribution in [0.2, 0.25) is 5.02 Å². The van der Waals surface area contributed by atoms with E-state index in [1.807, 2.05) is 36.1 Å². The van der Waals surface area contributed by atoms with Gasteiger partial charge >= 0.3 is 0 Å². The van der Waals surface area contributed by atoms with Gasteiger partial charge in [-0.05, 0) is 17.7 Å². The zero-order chi connectivity index (χ0) is 13.0. The van der Waals surface area contributed by atoms with Gasteiger partial charge in [-0.3, -0.25) is 4.79 Å².